The normalized spacial score (nSPS) is 31.2. The largest absolute Gasteiger partial charge is 0.365 e. The average Bonchev–Trinajstić information content (AvgIpc) is 1.52. The molecule has 27 rings (SSSR count). The number of rotatable bonds is 11. The maximum Gasteiger partial charge on any atom is 0.0770 e. The topological polar surface area (TPSA) is 71.3 Å². The van der Waals surface area contributed by atoms with Gasteiger partial charge in [0.25, 0.3) is 0 Å². The van der Waals surface area contributed by atoms with Crippen LogP contribution in [0.1, 0.15) is 165 Å². The second-order valence-corrected chi connectivity index (χ2v) is 34.8. The van der Waals surface area contributed by atoms with Crippen molar-refractivity contribution in [1.82, 2.24) is 38.2 Å². The van der Waals surface area contributed by atoms with Gasteiger partial charge in [-0.3, -0.25) is 19.9 Å². The van der Waals surface area contributed by atoms with Crippen molar-refractivity contribution in [1.29, 1.82) is 0 Å². The summed E-state index contributed by atoms with van der Waals surface area (Å²) < 4.78 is 10.5. The van der Waals surface area contributed by atoms with Crippen molar-refractivity contribution in [3.63, 3.8) is 0 Å². The molecule has 4 aromatic heterocycles. The fourth-order valence-corrected chi connectivity index (χ4v) is 25.7. The van der Waals surface area contributed by atoms with E-state index in [9.17, 15) is 0 Å². The Bertz CT molecular complexity index is 4750. The van der Waals surface area contributed by atoms with Crippen molar-refractivity contribution in [3.05, 3.63) is 230 Å². The second-order valence-electron chi connectivity index (χ2n) is 34.8. The molecule has 0 spiro atoms. The number of para-hydroxylation sites is 2. The van der Waals surface area contributed by atoms with E-state index in [2.05, 4.69) is 228 Å². The summed E-state index contributed by atoms with van der Waals surface area (Å²) in [4.78, 5) is 19.7. The van der Waals surface area contributed by atoms with Crippen molar-refractivity contribution >= 4 is 11.0 Å². The van der Waals surface area contributed by atoms with Gasteiger partial charge in [-0.2, -0.15) is 0 Å². The molecule has 7 aromatic carbocycles. The molecule has 11 aromatic rings. The van der Waals surface area contributed by atoms with Crippen LogP contribution in [0.4, 0.5) is 0 Å². The molecule has 16 bridgehead atoms. The smallest absolute Gasteiger partial charge is 0.0770 e. The van der Waals surface area contributed by atoms with Crippen molar-refractivity contribution in [2.45, 2.75) is 184 Å². The third kappa shape index (κ3) is 12.4. The third-order valence-corrected chi connectivity index (χ3v) is 28.5. The molecule has 16 aliphatic rings. The first kappa shape index (κ1) is 73.4. The maximum atomic E-state index is 5.05. The van der Waals surface area contributed by atoms with Gasteiger partial charge < -0.3 is 18.3 Å². The molecule has 4 radical (unpaired) electrons. The van der Waals surface area contributed by atoms with Crippen molar-refractivity contribution in [3.8, 4) is 67.9 Å². The summed E-state index contributed by atoms with van der Waals surface area (Å²) in [6, 6.07) is 71.7. The van der Waals surface area contributed by atoms with Gasteiger partial charge in [0.2, 0.25) is 0 Å². The summed E-state index contributed by atoms with van der Waals surface area (Å²) in [7, 11) is 0. The van der Waals surface area contributed by atoms with Crippen LogP contribution in [0.2, 0.25) is 0 Å². The summed E-state index contributed by atoms with van der Waals surface area (Å²) in [5.74, 6) is 16.0. The first-order chi connectivity index (χ1) is 49.4. The molecule has 0 saturated heterocycles. The van der Waals surface area contributed by atoms with Crippen molar-refractivity contribution in [2.24, 2.45) is 71.0 Å². The molecule has 8 atom stereocenters. The monoisotopic (exact) mass is 2100 g/mol. The summed E-state index contributed by atoms with van der Waals surface area (Å²) in [6.07, 6.45) is 36.7. The van der Waals surface area contributed by atoms with Crippen LogP contribution in [0.15, 0.2) is 189 Å². The molecular formula is C93H96Ir4N8-4. The van der Waals surface area contributed by atoms with Crippen LogP contribution in [0, 0.1) is 109 Å². The van der Waals surface area contributed by atoms with E-state index in [1.165, 1.54) is 179 Å². The van der Waals surface area contributed by atoms with Crippen LogP contribution in [-0.4, -0.2) is 38.2 Å². The van der Waals surface area contributed by atoms with Gasteiger partial charge >= 0.3 is 0 Å². The minimum absolute atomic E-state index is 0. The second kappa shape index (κ2) is 28.9. The van der Waals surface area contributed by atoms with Gasteiger partial charge in [-0.25, -0.2) is 0 Å². The number of benzene rings is 7. The first-order valence-corrected chi connectivity index (χ1v) is 39.2. The van der Waals surface area contributed by atoms with Gasteiger partial charge in [-0.1, -0.05) is 112 Å². The number of hydrogen-bond acceptors (Lipinski definition) is 4. The minimum Gasteiger partial charge on any atom is -0.365 e. The van der Waals surface area contributed by atoms with Gasteiger partial charge in [0.05, 0.1) is 40.0 Å². The zero-order valence-electron chi connectivity index (χ0n) is 61.0. The Labute approximate surface area is 676 Å². The van der Waals surface area contributed by atoms with Gasteiger partial charge in [0.1, 0.15) is 0 Å². The third-order valence-electron chi connectivity index (χ3n) is 28.5. The zero-order valence-corrected chi connectivity index (χ0v) is 70.5. The number of aromatic nitrogens is 8. The molecule has 105 heavy (non-hydrogen) atoms. The van der Waals surface area contributed by atoms with E-state index in [0.717, 1.165) is 117 Å². The van der Waals surface area contributed by atoms with Crippen LogP contribution in [0.25, 0.3) is 79.0 Å². The van der Waals surface area contributed by atoms with Gasteiger partial charge in [0.15, 0.2) is 0 Å². The molecule has 12 heteroatoms. The molecule has 0 N–H and O–H groups in total. The van der Waals surface area contributed by atoms with Crippen LogP contribution in [0.3, 0.4) is 0 Å². The van der Waals surface area contributed by atoms with Gasteiger partial charge in [-0.05, 0) is 223 Å². The molecule has 8 unspecified atom stereocenters. The van der Waals surface area contributed by atoms with E-state index in [1.807, 2.05) is 30.5 Å². The van der Waals surface area contributed by atoms with Crippen molar-refractivity contribution < 1.29 is 80.4 Å². The van der Waals surface area contributed by atoms with Gasteiger partial charge in [0, 0.05) is 133 Å². The predicted octanol–water partition coefficient (Wildman–Crippen LogP) is 21.8. The molecule has 0 amide bonds. The maximum absolute atomic E-state index is 5.05. The Balaban J connectivity index is 0.000000107. The van der Waals surface area contributed by atoms with Crippen LogP contribution >= 0.6 is 0 Å². The van der Waals surface area contributed by atoms with E-state index in [-0.39, 0.29) is 86.0 Å². The summed E-state index contributed by atoms with van der Waals surface area (Å²) in [6.45, 7) is 8.93. The standard InChI is InChI=1S/C27H29N2.C24H23N2.C22H21N2.C20H23N2.4Ir/c1-18(2)25-17-28-26(23-10-8-22(9-11-23)21-6-4-3-5-7-21)29(25)27-15-19-12-20(16-27)14-24(27)13-19;1-3-7-19(8-4-1)22-16-25-23(20-9-5-2-6-10-20)26(22)24-14-17-11-18(15-24)13-21(24)12-17;1-2-6-17(7-3-1)21-23-19-8-4-5-9-20(19)24(21)22-13-15-10-16(14-22)12-18(22)11-15;1-13-5-14(2)7-17(6-13)19-21-3-4-22(19)20-11-15-8-16(12-20)10-18(20)9-15;;;;/h3-10,17-20,24H,12-16H2,1-2H3;1-9,16-18,21H,11-15H2;1-6,8-9,15-16,18H,10-14H2;3-6,15-16,18H,8-12H2,1-2H3;;;;/q4*-1;;;;. The zero-order chi connectivity index (χ0) is 67.3. The summed E-state index contributed by atoms with van der Waals surface area (Å²) in [5.41, 5.74) is 17.2. The number of imidazole rings is 4. The SMILES string of the molecule is CC(C)c1cnc(-c2[c-]cc(-c3ccccc3)cc2)n1C12CC3CC(CC1C3)C2.Cc1[c-]c(-c2nccn2C23CC4CC(CC2C4)C3)cc(C)c1.[Ir].[Ir].[Ir].[Ir].[c-]1ccccc1-c1nc2ccccc2n1C12CC3CC(CC1C3)C2.[c-]1ccccc1-c1ncc(-c2ccccc2)n1C12CC3CC(CC1C3)C2. The van der Waals surface area contributed by atoms with E-state index in [4.69, 9.17) is 19.9 Å². The van der Waals surface area contributed by atoms with Crippen LogP contribution in [0.5, 0.6) is 0 Å². The Hall–Kier alpha value is -5.76. The van der Waals surface area contributed by atoms with Gasteiger partial charge in [-0.15, -0.1) is 137 Å². The number of hydrogen-bond donors (Lipinski definition) is 0. The average molecular weight is 2090 g/mol. The molecule has 4 heterocycles. The molecular weight excluding hydrogens is 2000 g/mol. The molecule has 16 fully saturated rings. The minimum atomic E-state index is 0. The number of aryl methyl sites for hydroxylation is 2. The van der Waals surface area contributed by atoms with Crippen LogP contribution in [-0.2, 0) is 103 Å². The number of nitrogens with zero attached hydrogens (tertiary/aromatic N) is 8. The molecule has 548 valence electrons. The van der Waals surface area contributed by atoms with E-state index in [1.54, 1.807) is 0 Å². The first-order valence-electron chi connectivity index (χ1n) is 39.2. The Kier molecular flexibility index (Phi) is 20.2. The Morgan fingerprint density at radius 1 is 0.400 bits per heavy atom. The predicted molar refractivity (Wildman–Crippen MR) is 404 cm³/mol. The summed E-state index contributed by atoms with van der Waals surface area (Å²) >= 11 is 0. The molecule has 16 saturated carbocycles. The summed E-state index contributed by atoms with van der Waals surface area (Å²) in [5, 5.41) is 0. The van der Waals surface area contributed by atoms with E-state index in [0.29, 0.717) is 22.5 Å². The Morgan fingerprint density at radius 3 is 1.39 bits per heavy atom. The van der Waals surface area contributed by atoms with E-state index >= 15 is 0 Å². The molecule has 0 aliphatic heterocycles. The number of fused-ring (bicyclic) bond motifs is 1. The van der Waals surface area contributed by atoms with Crippen LogP contribution < -0.4 is 0 Å². The fourth-order valence-electron chi connectivity index (χ4n) is 25.7. The molecule has 16 aliphatic carbocycles. The fraction of sp³-hybridized carbons (Fsp3) is 0.441. The quantitative estimate of drug-likeness (QED) is 0.121. The molecule has 8 nitrogen and oxygen atoms in total. The Morgan fingerprint density at radius 2 is 0.867 bits per heavy atom. The van der Waals surface area contributed by atoms with Crippen molar-refractivity contribution in [2.75, 3.05) is 0 Å². The van der Waals surface area contributed by atoms with E-state index < -0.39 is 0 Å².